The highest BCUT2D eigenvalue weighted by atomic mass is 15.0. The Morgan fingerprint density at radius 1 is 0.260 bits per heavy atom. The number of fused-ring (bicyclic) bond motifs is 12. The molecule has 2 aromatic heterocycles. The van der Waals surface area contributed by atoms with Crippen LogP contribution in [0.25, 0.3) is 98.4 Å². The molecular weight excluding hydrogens is 605 g/mol. The van der Waals surface area contributed by atoms with Crippen LogP contribution < -0.4 is 0 Å². The Labute approximate surface area is 288 Å². The van der Waals surface area contributed by atoms with E-state index in [2.05, 4.69) is 191 Å². The van der Waals surface area contributed by atoms with Crippen LogP contribution in [-0.2, 0) is 0 Å². The van der Waals surface area contributed by atoms with Crippen molar-refractivity contribution >= 4 is 75.9 Å². The van der Waals surface area contributed by atoms with E-state index in [0.717, 1.165) is 5.69 Å². The topological polar surface area (TPSA) is 9.86 Å². The standard InChI is InChI=1S/C48H30N2/c1-2-13-33(14-3-1)49-44-22-11-9-20-41(44)48-45(49)23-12-24-46(48)50-43-21-10-8-19-39(43)40-28-26-32(30-47(40)50)31-25-27-38-36-17-5-4-15-34(36)35-16-6-7-18-37(35)42(38)29-31/h1-30H. The Kier molecular flexibility index (Phi) is 5.70. The molecule has 0 bridgehead atoms. The number of hydrogen-bond donors (Lipinski definition) is 0. The Bertz CT molecular complexity index is 3110. The molecule has 0 aliphatic rings. The zero-order chi connectivity index (χ0) is 32.8. The number of rotatable bonds is 3. The summed E-state index contributed by atoms with van der Waals surface area (Å²) >= 11 is 0. The van der Waals surface area contributed by atoms with Crippen molar-refractivity contribution in [2.75, 3.05) is 0 Å². The Morgan fingerprint density at radius 2 is 0.740 bits per heavy atom. The average Bonchev–Trinajstić information content (AvgIpc) is 3.71. The largest absolute Gasteiger partial charge is 0.309 e. The first-order valence-electron chi connectivity index (χ1n) is 17.3. The van der Waals surface area contributed by atoms with Gasteiger partial charge in [0.25, 0.3) is 0 Å². The molecule has 0 unspecified atom stereocenters. The van der Waals surface area contributed by atoms with Crippen LogP contribution in [0.2, 0.25) is 0 Å². The lowest BCUT2D eigenvalue weighted by atomic mass is 9.92. The molecule has 0 saturated carbocycles. The molecule has 9 aromatic carbocycles. The van der Waals surface area contributed by atoms with Crippen molar-refractivity contribution in [3.8, 4) is 22.5 Å². The zero-order valence-corrected chi connectivity index (χ0v) is 27.2. The molecule has 2 heterocycles. The molecule has 232 valence electrons. The summed E-state index contributed by atoms with van der Waals surface area (Å²) in [5.74, 6) is 0. The molecule has 2 nitrogen and oxygen atoms in total. The van der Waals surface area contributed by atoms with Gasteiger partial charge in [-0.1, -0.05) is 133 Å². The molecule has 0 radical (unpaired) electrons. The fourth-order valence-electron chi connectivity index (χ4n) is 8.54. The van der Waals surface area contributed by atoms with Gasteiger partial charge in [-0.2, -0.15) is 0 Å². The maximum atomic E-state index is 2.49. The van der Waals surface area contributed by atoms with Crippen molar-refractivity contribution < 1.29 is 0 Å². The maximum Gasteiger partial charge on any atom is 0.0562 e. The van der Waals surface area contributed by atoms with Gasteiger partial charge in [0.2, 0.25) is 0 Å². The molecule has 0 N–H and O–H groups in total. The fraction of sp³-hybridized carbons (Fsp3) is 0. The van der Waals surface area contributed by atoms with Crippen molar-refractivity contribution in [1.29, 1.82) is 0 Å². The maximum absolute atomic E-state index is 2.49. The minimum absolute atomic E-state index is 1.16. The third-order valence-electron chi connectivity index (χ3n) is 10.7. The van der Waals surface area contributed by atoms with Crippen LogP contribution in [-0.4, -0.2) is 9.13 Å². The van der Waals surface area contributed by atoms with Crippen molar-refractivity contribution in [2.24, 2.45) is 0 Å². The Hall–Kier alpha value is -6.64. The monoisotopic (exact) mass is 634 g/mol. The lowest BCUT2D eigenvalue weighted by Gasteiger charge is -2.13. The highest BCUT2D eigenvalue weighted by Crippen LogP contribution is 2.42. The van der Waals surface area contributed by atoms with E-state index in [1.165, 1.54) is 92.7 Å². The van der Waals surface area contributed by atoms with Gasteiger partial charge < -0.3 is 9.13 Å². The molecule has 2 heteroatoms. The van der Waals surface area contributed by atoms with Crippen molar-refractivity contribution in [1.82, 2.24) is 9.13 Å². The molecule has 11 aromatic rings. The first kappa shape index (κ1) is 27.3. The molecule has 0 saturated heterocycles. The number of aromatic nitrogens is 2. The normalized spacial score (nSPS) is 12.0. The molecule has 0 atom stereocenters. The zero-order valence-electron chi connectivity index (χ0n) is 27.2. The predicted molar refractivity (Wildman–Crippen MR) is 213 cm³/mol. The second-order valence-corrected chi connectivity index (χ2v) is 13.3. The summed E-state index contributed by atoms with van der Waals surface area (Å²) in [4.78, 5) is 0. The molecule has 0 aliphatic heterocycles. The highest BCUT2D eigenvalue weighted by molar-refractivity contribution is 6.26. The second kappa shape index (κ2) is 10.4. The molecule has 11 rings (SSSR count). The van der Waals surface area contributed by atoms with Crippen LogP contribution in [0.5, 0.6) is 0 Å². The van der Waals surface area contributed by atoms with Crippen LogP contribution in [0.3, 0.4) is 0 Å². The number of hydrogen-bond acceptors (Lipinski definition) is 0. The summed E-state index contributed by atoms with van der Waals surface area (Å²) in [6.45, 7) is 0. The average molecular weight is 635 g/mol. The van der Waals surface area contributed by atoms with E-state index >= 15 is 0 Å². The summed E-state index contributed by atoms with van der Waals surface area (Å²) in [7, 11) is 0. The Balaban J connectivity index is 1.20. The summed E-state index contributed by atoms with van der Waals surface area (Å²) in [6, 6.07) is 66.7. The molecule has 0 amide bonds. The minimum atomic E-state index is 1.16. The van der Waals surface area contributed by atoms with Crippen LogP contribution in [0.15, 0.2) is 182 Å². The molecular formula is C48H30N2. The van der Waals surface area contributed by atoms with Gasteiger partial charge >= 0.3 is 0 Å². The number of para-hydroxylation sites is 3. The van der Waals surface area contributed by atoms with E-state index in [1.807, 2.05) is 0 Å². The Morgan fingerprint density at radius 3 is 1.44 bits per heavy atom. The SMILES string of the molecule is c1ccc(-n2c3ccccc3c3c(-n4c5ccccc5c5ccc(-c6ccc7c8ccccc8c8ccccc8c7c6)cc54)cccc32)cc1. The van der Waals surface area contributed by atoms with E-state index in [4.69, 9.17) is 0 Å². The first-order chi connectivity index (χ1) is 24.8. The van der Waals surface area contributed by atoms with Crippen LogP contribution in [0, 0.1) is 0 Å². The van der Waals surface area contributed by atoms with E-state index in [1.54, 1.807) is 0 Å². The highest BCUT2D eigenvalue weighted by Gasteiger charge is 2.20. The van der Waals surface area contributed by atoms with Crippen LogP contribution in [0.4, 0.5) is 0 Å². The summed E-state index contributed by atoms with van der Waals surface area (Å²) < 4.78 is 4.89. The van der Waals surface area contributed by atoms with E-state index in [0.29, 0.717) is 0 Å². The van der Waals surface area contributed by atoms with Gasteiger partial charge in [-0.3, -0.25) is 0 Å². The van der Waals surface area contributed by atoms with Gasteiger partial charge in [0.15, 0.2) is 0 Å². The first-order valence-corrected chi connectivity index (χ1v) is 17.3. The third kappa shape index (κ3) is 3.79. The molecule has 50 heavy (non-hydrogen) atoms. The lowest BCUT2D eigenvalue weighted by Crippen LogP contribution is -1.96. The molecule has 0 spiro atoms. The van der Waals surface area contributed by atoms with Crippen LogP contribution in [0.1, 0.15) is 0 Å². The van der Waals surface area contributed by atoms with Crippen LogP contribution >= 0.6 is 0 Å². The fourth-order valence-corrected chi connectivity index (χ4v) is 8.54. The van der Waals surface area contributed by atoms with Gasteiger partial charge in [0.05, 0.1) is 27.8 Å². The van der Waals surface area contributed by atoms with Crippen molar-refractivity contribution in [2.45, 2.75) is 0 Å². The smallest absolute Gasteiger partial charge is 0.0562 e. The predicted octanol–water partition coefficient (Wildman–Crippen LogP) is 13.0. The second-order valence-electron chi connectivity index (χ2n) is 13.3. The van der Waals surface area contributed by atoms with Crippen molar-refractivity contribution in [3.05, 3.63) is 182 Å². The van der Waals surface area contributed by atoms with Gasteiger partial charge in [-0.25, -0.2) is 0 Å². The van der Waals surface area contributed by atoms with E-state index in [-0.39, 0.29) is 0 Å². The number of benzene rings is 9. The lowest BCUT2D eigenvalue weighted by molar-refractivity contribution is 1.17. The minimum Gasteiger partial charge on any atom is -0.309 e. The van der Waals surface area contributed by atoms with Gasteiger partial charge in [-0.15, -0.1) is 0 Å². The molecule has 0 aliphatic carbocycles. The number of nitrogens with zero attached hydrogens (tertiary/aromatic N) is 2. The third-order valence-corrected chi connectivity index (χ3v) is 10.7. The van der Waals surface area contributed by atoms with E-state index in [9.17, 15) is 0 Å². The summed E-state index contributed by atoms with van der Waals surface area (Å²) in [5.41, 5.74) is 9.60. The van der Waals surface area contributed by atoms with Crippen molar-refractivity contribution in [3.63, 3.8) is 0 Å². The van der Waals surface area contributed by atoms with Gasteiger partial charge in [-0.05, 0) is 92.0 Å². The van der Waals surface area contributed by atoms with Gasteiger partial charge in [0.1, 0.15) is 0 Å². The quantitative estimate of drug-likeness (QED) is 0.171. The van der Waals surface area contributed by atoms with Gasteiger partial charge in [0, 0.05) is 27.2 Å². The summed E-state index contributed by atoms with van der Waals surface area (Å²) in [5, 5.41) is 12.8. The summed E-state index contributed by atoms with van der Waals surface area (Å²) in [6.07, 6.45) is 0. The molecule has 0 fully saturated rings. The van der Waals surface area contributed by atoms with E-state index < -0.39 is 0 Å².